The van der Waals surface area contributed by atoms with Crippen molar-refractivity contribution in [1.29, 1.82) is 5.26 Å². The lowest BCUT2D eigenvalue weighted by atomic mass is 10.4. The van der Waals surface area contributed by atoms with Crippen LogP contribution in [0.25, 0.3) is 0 Å². The first-order valence-corrected chi connectivity index (χ1v) is 4.29. The van der Waals surface area contributed by atoms with E-state index in [2.05, 4.69) is 23.5 Å². The minimum atomic E-state index is 0.327. The SMILES string of the molecule is C=C(C#N)/C=N\C(=C)N(C)CCNC. The highest BCUT2D eigenvalue weighted by Gasteiger charge is 1.97. The Kier molecular flexibility index (Phi) is 6.08. The van der Waals surface area contributed by atoms with Crippen LogP contribution < -0.4 is 5.32 Å². The number of nitrogens with one attached hydrogen (secondary N) is 1. The Balaban J connectivity index is 4.02. The Morgan fingerprint density at radius 1 is 1.64 bits per heavy atom. The van der Waals surface area contributed by atoms with Gasteiger partial charge in [-0.25, -0.2) is 4.99 Å². The molecule has 0 aliphatic rings. The Hall–Kier alpha value is -1.60. The number of hydrogen-bond donors (Lipinski definition) is 1. The summed E-state index contributed by atoms with van der Waals surface area (Å²) in [5.74, 6) is 0.622. The molecule has 0 unspecified atom stereocenters. The van der Waals surface area contributed by atoms with Gasteiger partial charge in [-0.15, -0.1) is 0 Å². The monoisotopic (exact) mass is 192 g/mol. The van der Waals surface area contributed by atoms with Gasteiger partial charge >= 0.3 is 0 Å². The van der Waals surface area contributed by atoms with E-state index in [4.69, 9.17) is 5.26 Å². The van der Waals surface area contributed by atoms with Crippen molar-refractivity contribution in [3.05, 3.63) is 24.6 Å². The molecule has 0 aromatic heterocycles. The van der Waals surface area contributed by atoms with Crippen LogP contribution in [0.3, 0.4) is 0 Å². The maximum atomic E-state index is 8.43. The molecular formula is C10H16N4. The normalized spacial score (nSPS) is 9.79. The van der Waals surface area contributed by atoms with Gasteiger partial charge in [0.05, 0.1) is 5.57 Å². The number of likely N-dealkylation sites (N-methyl/N-ethyl adjacent to an activating group) is 2. The van der Waals surface area contributed by atoms with Gasteiger partial charge in [-0.1, -0.05) is 13.2 Å². The molecule has 76 valence electrons. The number of nitrogens with zero attached hydrogens (tertiary/aromatic N) is 3. The first-order valence-electron chi connectivity index (χ1n) is 4.29. The molecule has 0 amide bonds. The highest BCUT2D eigenvalue weighted by Crippen LogP contribution is 1.98. The minimum Gasteiger partial charge on any atom is -0.359 e. The summed E-state index contributed by atoms with van der Waals surface area (Å²) in [7, 11) is 3.78. The van der Waals surface area contributed by atoms with Gasteiger partial charge in [0.1, 0.15) is 11.9 Å². The van der Waals surface area contributed by atoms with E-state index in [0.29, 0.717) is 11.4 Å². The molecule has 0 spiro atoms. The topological polar surface area (TPSA) is 51.4 Å². The molecule has 0 atom stereocenters. The molecule has 0 aromatic rings. The van der Waals surface area contributed by atoms with Crippen LogP contribution in [0.1, 0.15) is 0 Å². The van der Waals surface area contributed by atoms with Crippen molar-refractivity contribution in [1.82, 2.24) is 10.2 Å². The van der Waals surface area contributed by atoms with Crippen molar-refractivity contribution in [2.24, 2.45) is 4.99 Å². The maximum absolute atomic E-state index is 8.43. The lowest BCUT2D eigenvalue weighted by molar-refractivity contribution is 0.414. The summed E-state index contributed by atoms with van der Waals surface area (Å²) in [5.41, 5.74) is 0.327. The Labute approximate surface area is 85.2 Å². The first kappa shape index (κ1) is 12.4. The van der Waals surface area contributed by atoms with Crippen molar-refractivity contribution in [2.45, 2.75) is 0 Å². The lowest BCUT2D eigenvalue weighted by Gasteiger charge is -2.17. The van der Waals surface area contributed by atoms with Crippen LogP contribution in [0, 0.1) is 11.3 Å². The molecule has 0 bridgehead atoms. The van der Waals surface area contributed by atoms with E-state index in [0.717, 1.165) is 13.1 Å². The fourth-order valence-corrected chi connectivity index (χ4v) is 0.688. The molecule has 0 heterocycles. The average Bonchev–Trinajstić information content (AvgIpc) is 2.21. The molecule has 0 fully saturated rings. The predicted molar refractivity (Wildman–Crippen MR) is 58.9 cm³/mol. The molecular weight excluding hydrogens is 176 g/mol. The first-order chi connectivity index (χ1) is 6.61. The van der Waals surface area contributed by atoms with Crippen LogP contribution in [0.4, 0.5) is 0 Å². The van der Waals surface area contributed by atoms with Crippen LogP contribution in [-0.2, 0) is 0 Å². The number of rotatable bonds is 6. The van der Waals surface area contributed by atoms with E-state index in [9.17, 15) is 0 Å². The van der Waals surface area contributed by atoms with Gasteiger partial charge in [0.15, 0.2) is 0 Å². The summed E-state index contributed by atoms with van der Waals surface area (Å²) in [6, 6.07) is 1.89. The zero-order chi connectivity index (χ0) is 11.0. The average molecular weight is 192 g/mol. The second-order valence-corrected chi connectivity index (χ2v) is 2.84. The quantitative estimate of drug-likeness (QED) is 0.499. The van der Waals surface area contributed by atoms with E-state index in [1.165, 1.54) is 6.21 Å². The third-order valence-corrected chi connectivity index (χ3v) is 1.65. The molecule has 14 heavy (non-hydrogen) atoms. The van der Waals surface area contributed by atoms with Crippen molar-refractivity contribution in [2.75, 3.05) is 27.2 Å². The molecule has 0 rings (SSSR count). The van der Waals surface area contributed by atoms with Crippen molar-refractivity contribution >= 4 is 6.21 Å². The smallest absolute Gasteiger partial charge is 0.121 e. The molecule has 4 nitrogen and oxygen atoms in total. The van der Waals surface area contributed by atoms with Gasteiger partial charge in [0.2, 0.25) is 0 Å². The number of allylic oxidation sites excluding steroid dienone is 1. The summed E-state index contributed by atoms with van der Waals surface area (Å²) < 4.78 is 0. The molecule has 0 aliphatic carbocycles. The minimum absolute atomic E-state index is 0.327. The van der Waals surface area contributed by atoms with Crippen LogP contribution in [0.2, 0.25) is 0 Å². The molecule has 0 saturated carbocycles. The fourth-order valence-electron chi connectivity index (χ4n) is 0.688. The Bertz CT molecular complexity index is 272. The maximum Gasteiger partial charge on any atom is 0.121 e. The Morgan fingerprint density at radius 2 is 2.29 bits per heavy atom. The van der Waals surface area contributed by atoms with Gasteiger partial charge in [0, 0.05) is 26.4 Å². The number of hydrogen-bond acceptors (Lipinski definition) is 4. The van der Waals surface area contributed by atoms with Crippen molar-refractivity contribution in [3.8, 4) is 6.07 Å². The van der Waals surface area contributed by atoms with E-state index in [1.54, 1.807) is 0 Å². The fraction of sp³-hybridized carbons (Fsp3) is 0.400. The zero-order valence-corrected chi connectivity index (χ0v) is 8.75. The highest BCUT2D eigenvalue weighted by atomic mass is 15.2. The summed E-state index contributed by atoms with van der Waals surface area (Å²) in [6.45, 7) is 8.94. The number of aliphatic imine (C=N–C) groups is 1. The molecule has 4 heteroatoms. The Morgan fingerprint density at radius 3 is 2.79 bits per heavy atom. The van der Waals surface area contributed by atoms with Gasteiger partial charge < -0.3 is 10.2 Å². The largest absolute Gasteiger partial charge is 0.359 e. The summed E-state index contributed by atoms with van der Waals surface area (Å²) >= 11 is 0. The van der Waals surface area contributed by atoms with E-state index in [1.807, 2.05) is 25.1 Å². The van der Waals surface area contributed by atoms with Crippen LogP contribution in [-0.4, -0.2) is 38.3 Å². The third kappa shape index (κ3) is 5.12. The summed E-state index contributed by atoms with van der Waals surface area (Å²) in [6.07, 6.45) is 1.41. The standard InChI is InChI=1S/C10H16N4/c1-9(7-11)8-13-10(2)14(4)6-5-12-3/h8,12H,1-2,5-6H2,3-4H3/b13-8-. The lowest BCUT2D eigenvalue weighted by Crippen LogP contribution is -2.25. The molecule has 1 N–H and O–H groups in total. The third-order valence-electron chi connectivity index (χ3n) is 1.65. The van der Waals surface area contributed by atoms with Crippen molar-refractivity contribution in [3.63, 3.8) is 0 Å². The molecule has 0 aliphatic heterocycles. The molecule has 0 radical (unpaired) electrons. The second kappa shape index (κ2) is 6.87. The van der Waals surface area contributed by atoms with E-state index < -0.39 is 0 Å². The van der Waals surface area contributed by atoms with Crippen LogP contribution >= 0.6 is 0 Å². The zero-order valence-electron chi connectivity index (χ0n) is 8.75. The summed E-state index contributed by atoms with van der Waals surface area (Å²) in [4.78, 5) is 5.90. The van der Waals surface area contributed by atoms with Gasteiger partial charge in [0.25, 0.3) is 0 Å². The highest BCUT2D eigenvalue weighted by molar-refractivity contribution is 5.83. The number of nitriles is 1. The van der Waals surface area contributed by atoms with Crippen LogP contribution in [0.15, 0.2) is 29.5 Å². The van der Waals surface area contributed by atoms with Crippen molar-refractivity contribution < 1.29 is 0 Å². The molecule has 0 saturated heterocycles. The van der Waals surface area contributed by atoms with E-state index in [-0.39, 0.29) is 0 Å². The summed E-state index contributed by atoms with van der Waals surface area (Å²) in [5, 5.41) is 11.5. The second-order valence-electron chi connectivity index (χ2n) is 2.84. The predicted octanol–water partition coefficient (Wildman–Crippen LogP) is 0.759. The molecule has 0 aromatic carbocycles. The van der Waals surface area contributed by atoms with Gasteiger partial charge in [-0.05, 0) is 7.05 Å². The van der Waals surface area contributed by atoms with Crippen LogP contribution in [0.5, 0.6) is 0 Å². The van der Waals surface area contributed by atoms with E-state index >= 15 is 0 Å². The van der Waals surface area contributed by atoms with Gasteiger partial charge in [-0.3, -0.25) is 0 Å². The van der Waals surface area contributed by atoms with Gasteiger partial charge in [-0.2, -0.15) is 5.26 Å².